The molecule has 16 heavy (non-hydrogen) atoms. The molecule has 0 amide bonds. The molecule has 1 aromatic rings. The lowest BCUT2D eigenvalue weighted by Gasteiger charge is -2.06. The number of anilines is 1. The Morgan fingerprint density at radius 2 is 2.00 bits per heavy atom. The van der Waals surface area contributed by atoms with Crippen molar-refractivity contribution in [1.29, 1.82) is 10.5 Å². The summed E-state index contributed by atoms with van der Waals surface area (Å²) in [6, 6.07) is 9.12. The number of nitrogens with one attached hydrogen (secondary N) is 1. The van der Waals surface area contributed by atoms with Crippen molar-refractivity contribution < 1.29 is 0 Å². The van der Waals surface area contributed by atoms with Gasteiger partial charge in [0, 0.05) is 18.7 Å². The average molecular weight is 210 g/mol. The predicted molar refractivity (Wildman–Crippen MR) is 61.0 cm³/mol. The maximum atomic E-state index is 8.88. The molecular weight excluding hydrogens is 200 g/mol. The zero-order valence-corrected chi connectivity index (χ0v) is 8.70. The van der Waals surface area contributed by atoms with Crippen LogP contribution >= 0.6 is 0 Å². The van der Waals surface area contributed by atoms with Crippen molar-refractivity contribution in [3.05, 3.63) is 29.3 Å². The standard InChI is InChI=1S/C12H10N4/c13-7-9-3-4-11(6-10(9)8-14)16-12-2-1-5-15-12/h3-4,6H,1-2,5H2,(H,15,16). The van der Waals surface area contributed by atoms with E-state index in [0.29, 0.717) is 11.1 Å². The Morgan fingerprint density at radius 1 is 1.19 bits per heavy atom. The molecular formula is C12H10N4. The number of amidine groups is 1. The van der Waals surface area contributed by atoms with Gasteiger partial charge in [-0.25, -0.2) is 0 Å². The van der Waals surface area contributed by atoms with Crippen molar-refractivity contribution in [3.63, 3.8) is 0 Å². The first-order valence-corrected chi connectivity index (χ1v) is 5.08. The van der Waals surface area contributed by atoms with Crippen molar-refractivity contribution >= 4 is 11.5 Å². The van der Waals surface area contributed by atoms with Crippen LogP contribution in [0.15, 0.2) is 23.2 Å². The lowest BCUT2D eigenvalue weighted by Crippen LogP contribution is -2.08. The van der Waals surface area contributed by atoms with Crippen LogP contribution in [-0.2, 0) is 0 Å². The third kappa shape index (κ3) is 2.02. The van der Waals surface area contributed by atoms with Gasteiger partial charge in [0.1, 0.15) is 18.0 Å². The van der Waals surface area contributed by atoms with Gasteiger partial charge in [-0.2, -0.15) is 10.5 Å². The van der Waals surface area contributed by atoms with E-state index in [4.69, 9.17) is 10.5 Å². The van der Waals surface area contributed by atoms with Crippen molar-refractivity contribution in [1.82, 2.24) is 0 Å². The Bertz CT molecular complexity index is 517. The summed E-state index contributed by atoms with van der Waals surface area (Å²) in [6.45, 7) is 0.865. The number of nitriles is 2. The van der Waals surface area contributed by atoms with Gasteiger partial charge in [0.25, 0.3) is 0 Å². The fourth-order valence-electron chi connectivity index (χ4n) is 1.62. The predicted octanol–water partition coefficient (Wildman–Crippen LogP) is 2.03. The minimum atomic E-state index is 0.395. The van der Waals surface area contributed by atoms with Crippen LogP contribution in [-0.4, -0.2) is 12.4 Å². The van der Waals surface area contributed by atoms with Crippen LogP contribution in [0.5, 0.6) is 0 Å². The third-order valence-corrected chi connectivity index (χ3v) is 2.42. The molecule has 0 fully saturated rings. The van der Waals surface area contributed by atoms with Crippen LogP contribution < -0.4 is 5.32 Å². The maximum absolute atomic E-state index is 8.88. The van der Waals surface area contributed by atoms with Crippen molar-refractivity contribution in [3.8, 4) is 12.1 Å². The average Bonchev–Trinajstić information content (AvgIpc) is 2.81. The number of benzene rings is 1. The molecule has 4 heteroatoms. The molecule has 0 atom stereocenters. The normalized spacial score (nSPS) is 13.8. The van der Waals surface area contributed by atoms with E-state index in [1.807, 2.05) is 12.1 Å². The van der Waals surface area contributed by atoms with Crippen LogP contribution in [0.2, 0.25) is 0 Å². The van der Waals surface area contributed by atoms with Gasteiger partial charge in [-0.15, -0.1) is 0 Å². The highest BCUT2D eigenvalue weighted by atomic mass is 15.0. The fourth-order valence-corrected chi connectivity index (χ4v) is 1.62. The van der Waals surface area contributed by atoms with E-state index in [1.54, 1.807) is 18.2 Å². The summed E-state index contributed by atoms with van der Waals surface area (Å²) in [5, 5.41) is 20.8. The summed E-state index contributed by atoms with van der Waals surface area (Å²) >= 11 is 0. The number of hydrogen-bond acceptors (Lipinski definition) is 4. The molecule has 1 aliphatic rings. The Morgan fingerprint density at radius 3 is 2.62 bits per heavy atom. The Labute approximate surface area is 93.8 Å². The number of rotatable bonds is 1. The summed E-state index contributed by atoms with van der Waals surface area (Å²) < 4.78 is 0. The summed E-state index contributed by atoms with van der Waals surface area (Å²) in [6.07, 6.45) is 2.02. The second-order valence-electron chi connectivity index (χ2n) is 3.54. The van der Waals surface area contributed by atoms with Gasteiger partial charge in [-0.1, -0.05) is 0 Å². The molecule has 4 nitrogen and oxygen atoms in total. The number of aliphatic imine (C=N–C) groups is 1. The van der Waals surface area contributed by atoms with E-state index in [-0.39, 0.29) is 0 Å². The van der Waals surface area contributed by atoms with Crippen LogP contribution in [0.1, 0.15) is 24.0 Å². The van der Waals surface area contributed by atoms with Crippen molar-refractivity contribution in [2.24, 2.45) is 4.99 Å². The van der Waals surface area contributed by atoms with Gasteiger partial charge in [-0.05, 0) is 24.6 Å². The summed E-state index contributed by atoms with van der Waals surface area (Å²) in [5.41, 5.74) is 1.61. The lowest BCUT2D eigenvalue weighted by molar-refractivity contribution is 0.951. The first-order valence-electron chi connectivity index (χ1n) is 5.08. The minimum Gasteiger partial charge on any atom is -0.344 e. The van der Waals surface area contributed by atoms with Gasteiger partial charge >= 0.3 is 0 Å². The van der Waals surface area contributed by atoms with E-state index in [1.165, 1.54) is 0 Å². The molecule has 0 saturated heterocycles. The second kappa shape index (κ2) is 4.46. The van der Waals surface area contributed by atoms with Crippen molar-refractivity contribution in [2.45, 2.75) is 12.8 Å². The highest BCUT2D eigenvalue weighted by Crippen LogP contribution is 2.16. The second-order valence-corrected chi connectivity index (χ2v) is 3.54. The molecule has 0 saturated carbocycles. The first kappa shape index (κ1) is 10.2. The van der Waals surface area contributed by atoms with E-state index in [2.05, 4.69) is 10.3 Å². The smallest absolute Gasteiger partial charge is 0.101 e. The molecule has 0 unspecified atom stereocenters. The first-order chi connectivity index (χ1) is 7.83. The molecule has 0 aromatic heterocycles. The van der Waals surface area contributed by atoms with E-state index in [9.17, 15) is 0 Å². The van der Waals surface area contributed by atoms with E-state index in [0.717, 1.165) is 30.9 Å². The lowest BCUT2D eigenvalue weighted by atomic mass is 10.1. The van der Waals surface area contributed by atoms with Gasteiger partial charge in [0.15, 0.2) is 0 Å². The van der Waals surface area contributed by atoms with E-state index >= 15 is 0 Å². The van der Waals surface area contributed by atoms with Gasteiger partial charge in [-0.3, -0.25) is 4.99 Å². The Kier molecular flexibility index (Phi) is 2.84. The molecule has 78 valence electrons. The van der Waals surface area contributed by atoms with Gasteiger partial charge < -0.3 is 5.32 Å². The molecule has 0 bridgehead atoms. The molecule has 1 heterocycles. The van der Waals surface area contributed by atoms with Gasteiger partial charge in [0.2, 0.25) is 0 Å². The van der Waals surface area contributed by atoms with Crippen molar-refractivity contribution in [2.75, 3.05) is 11.9 Å². The maximum Gasteiger partial charge on any atom is 0.101 e. The molecule has 0 spiro atoms. The Hall–Kier alpha value is -2.33. The molecule has 1 N–H and O–H groups in total. The minimum absolute atomic E-state index is 0.395. The van der Waals surface area contributed by atoms with Gasteiger partial charge in [0.05, 0.1) is 11.1 Å². The van der Waals surface area contributed by atoms with Crippen LogP contribution in [0.3, 0.4) is 0 Å². The SMILES string of the molecule is N#Cc1ccc(NC2=NCCC2)cc1C#N. The zero-order valence-electron chi connectivity index (χ0n) is 8.70. The van der Waals surface area contributed by atoms with Crippen LogP contribution in [0.25, 0.3) is 0 Å². The summed E-state index contributed by atoms with van der Waals surface area (Å²) in [4.78, 5) is 4.29. The monoisotopic (exact) mass is 210 g/mol. The molecule has 1 aromatic carbocycles. The summed E-state index contributed by atoms with van der Waals surface area (Å²) in [5.74, 6) is 0.952. The molecule has 0 aliphatic carbocycles. The molecule has 0 radical (unpaired) electrons. The highest BCUT2D eigenvalue weighted by Gasteiger charge is 2.08. The fraction of sp³-hybridized carbons (Fsp3) is 0.250. The molecule has 2 rings (SSSR count). The Balaban J connectivity index is 2.24. The quantitative estimate of drug-likeness (QED) is 0.770. The van der Waals surface area contributed by atoms with Crippen LogP contribution in [0.4, 0.5) is 5.69 Å². The largest absolute Gasteiger partial charge is 0.344 e. The topological polar surface area (TPSA) is 72.0 Å². The zero-order chi connectivity index (χ0) is 11.4. The summed E-state index contributed by atoms with van der Waals surface area (Å²) in [7, 11) is 0. The number of nitrogens with zero attached hydrogens (tertiary/aromatic N) is 3. The highest BCUT2D eigenvalue weighted by molar-refractivity contribution is 5.96. The van der Waals surface area contributed by atoms with E-state index < -0.39 is 0 Å². The van der Waals surface area contributed by atoms with Crippen LogP contribution in [0, 0.1) is 22.7 Å². The number of hydrogen-bond donors (Lipinski definition) is 1. The third-order valence-electron chi connectivity index (χ3n) is 2.42. The molecule has 1 aliphatic heterocycles.